The van der Waals surface area contributed by atoms with Crippen molar-refractivity contribution in [2.45, 2.75) is 111 Å². The highest BCUT2D eigenvalue weighted by atomic mass is 32.2. The largest absolute Gasteiger partial charge is 0.480 e. The summed E-state index contributed by atoms with van der Waals surface area (Å²) < 4.78 is 4.33. The summed E-state index contributed by atoms with van der Waals surface area (Å²) in [5, 5.41) is 60.9. The smallest absolute Gasteiger partial charge is 0.326 e. The molecule has 0 aromatic carbocycles. The Kier molecular flexibility index (Phi) is 8.50. The zero-order valence-corrected chi connectivity index (χ0v) is 21.5. The predicted molar refractivity (Wildman–Crippen MR) is 128 cm³/mol. The molecule has 0 amide bonds. The average Bonchev–Trinajstić information content (AvgIpc) is 3.31. The number of carboxylic acids is 2. The molecule has 0 aromatic heterocycles. The summed E-state index contributed by atoms with van der Waals surface area (Å²) in [7, 11) is 0. The minimum Gasteiger partial charge on any atom is -0.480 e. The SMILES string of the molecule is CC(C)C[C@H](NN[C@@](CC(C)C)(C(=O)O)C12CCC(C3O[C@H](CO)[C@H](O)[C@H](O)[C@H]3O)(C1)S2)C(=O)O. The Bertz CT molecular complexity index is 789. The molecular weight excluding hydrogens is 480 g/mol. The molecule has 9 atom stereocenters. The van der Waals surface area contributed by atoms with Gasteiger partial charge in [-0.25, -0.2) is 10.9 Å². The van der Waals surface area contributed by atoms with Gasteiger partial charge < -0.3 is 35.4 Å². The maximum absolute atomic E-state index is 12.9. The van der Waals surface area contributed by atoms with Crippen LogP contribution < -0.4 is 10.9 Å². The monoisotopic (exact) mass is 520 g/mol. The molecule has 2 bridgehead atoms. The lowest BCUT2D eigenvalue weighted by atomic mass is 9.74. The van der Waals surface area contributed by atoms with Gasteiger partial charge in [0.2, 0.25) is 0 Å². The number of aliphatic carboxylic acids is 2. The van der Waals surface area contributed by atoms with E-state index in [4.69, 9.17) is 4.74 Å². The molecule has 4 rings (SSSR count). The topological polar surface area (TPSA) is 189 Å². The zero-order valence-electron chi connectivity index (χ0n) is 20.7. The molecule has 3 saturated heterocycles. The summed E-state index contributed by atoms with van der Waals surface area (Å²) in [5.74, 6) is -2.11. The third-order valence-electron chi connectivity index (χ3n) is 7.67. The van der Waals surface area contributed by atoms with Crippen molar-refractivity contribution >= 4 is 23.7 Å². The summed E-state index contributed by atoms with van der Waals surface area (Å²) in [6.45, 7) is 7.06. The highest BCUT2D eigenvalue weighted by Crippen LogP contribution is 2.73. The van der Waals surface area contributed by atoms with Gasteiger partial charge in [-0.1, -0.05) is 27.7 Å². The quantitative estimate of drug-likeness (QED) is 0.157. The Morgan fingerprint density at radius 2 is 1.69 bits per heavy atom. The molecule has 4 fully saturated rings. The number of ether oxygens (including phenoxy) is 1. The number of hydrazine groups is 1. The van der Waals surface area contributed by atoms with E-state index in [1.807, 2.05) is 27.7 Å². The van der Waals surface area contributed by atoms with Crippen LogP contribution in [-0.2, 0) is 14.3 Å². The van der Waals surface area contributed by atoms with E-state index >= 15 is 0 Å². The average molecular weight is 521 g/mol. The van der Waals surface area contributed by atoms with Crippen molar-refractivity contribution in [3.05, 3.63) is 0 Å². The molecule has 12 heteroatoms. The third-order valence-corrected chi connectivity index (χ3v) is 9.74. The summed E-state index contributed by atoms with van der Waals surface area (Å²) in [5.41, 5.74) is 4.26. The summed E-state index contributed by atoms with van der Waals surface area (Å²) >= 11 is 1.38. The van der Waals surface area contributed by atoms with Gasteiger partial charge in [0.05, 0.1) is 6.61 Å². The fourth-order valence-electron chi connectivity index (χ4n) is 6.05. The van der Waals surface area contributed by atoms with Crippen molar-refractivity contribution in [1.29, 1.82) is 0 Å². The number of carboxylic acid groups (broad SMARTS) is 2. The van der Waals surface area contributed by atoms with Crippen LogP contribution >= 0.6 is 11.8 Å². The van der Waals surface area contributed by atoms with Crippen LogP contribution in [0.2, 0.25) is 0 Å². The predicted octanol–water partition coefficient (Wildman–Crippen LogP) is -0.300. The number of hydrogen-bond donors (Lipinski definition) is 8. The maximum Gasteiger partial charge on any atom is 0.326 e. The third kappa shape index (κ3) is 4.96. The molecule has 3 aliphatic heterocycles. The molecule has 35 heavy (non-hydrogen) atoms. The van der Waals surface area contributed by atoms with E-state index in [0.717, 1.165) is 0 Å². The van der Waals surface area contributed by atoms with Crippen molar-refractivity contribution < 1.29 is 45.0 Å². The van der Waals surface area contributed by atoms with Gasteiger partial charge in [-0.15, -0.1) is 11.8 Å². The van der Waals surface area contributed by atoms with Crippen LogP contribution in [0.25, 0.3) is 0 Å². The first kappa shape index (κ1) is 28.6. The Labute approximate surface area is 209 Å². The van der Waals surface area contributed by atoms with Crippen LogP contribution in [0.4, 0.5) is 0 Å². The lowest BCUT2D eigenvalue weighted by molar-refractivity contribution is -0.237. The van der Waals surface area contributed by atoms with Crippen LogP contribution in [0, 0.1) is 11.8 Å². The standard InChI is InChI=1S/C23H40N2O9S/c1-11(2)7-13(19(30)31)24-25-23(20(32)33,8-12(3)4)22-6-5-21(10-22,35-22)18-17(29)16(28)15(27)14(9-26)34-18/h11-18,24-29H,5-10H2,1-4H3,(H,30,31)(H,32,33)/t13-,14+,15-,16-,17+,18?,21?,22?,23-/m0/s1. The molecule has 0 aromatic rings. The van der Waals surface area contributed by atoms with Crippen molar-refractivity contribution in [1.82, 2.24) is 10.9 Å². The van der Waals surface area contributed by atoms with Gasteiger partial charge in [-0.2, -0.15) is 0 Å². The number of thioether (sulfide) groups is 1. The second-order valence-electron chi connectivity index (χ2n) is 11.2. The molecule has 1 saturated carbocycles. The van der Waals surface area contributed by atoms with E-state index in [-0.39, 0.29) is 18.3 Å². The van der Waals surface area contributed by atoms with E-state index in [2.05, 4.69) is 10.9 Å². The van der Waals surface area contributed by atoms with Gasteiger partial charge in [0.15, 0.2) is 0 Å². The molecule has 8 N–H and O–H groups in total. The van der Waals surface area contributed by atoms with E-state index in [1.54, 1.807) is 0 Å². The molecule has 1 aliphatic carbocycles. The Hall–Kier alpha value is -0.990. The van der Waals surface area contributed by atoms with Gasteiger partial charge in [0, 0.05) is 9.49 Å². The van der Waals surface area contributed by atoms with Crippen molar-refractivity contribution in [2.24, 2.45) is 11.8 Å². The van der Waals surface area contributed by atoms with Crippen LogP contribution in [0.3, 0.4) is 0 Å². The van der Waals surface area contributed by atoms with E-state index in [9.17, 15) is 40.2 Å². The highest BCUT2D eigenvalue weighted by molar-refractivity contribution is 8.04. The van der Waals surface area contributed by atoms with Crippen molar-refractivity contribution in [3.63, 3.8) is 0 Å². The number of hydrogen-bond acceptors (Lipinski definition) is 10. The molecule has 11 nitrogen and oxygen atoms in total. The first-order valence-corrected chi connectivity index (χ1v) is 13.1. The minimum atomic E-state index is -1.50. The first-order valence-electron chi connectivity index (χ1n) is 12.2. The van der Waals surface area contributed by atoms with Gasteiger partial charge in [0.1, 0.15) is 42.1 Å². The second kappa shape index (κ2) is 10.4. The molecule has 4 aliphatic rings. The lowest BCUT2D eigenvalue weighted by Crippen LogP contribution is -2.75. The summed E-state index contributed by atoms with van der Waals surface area (Å²) in [6.07, 6.45) is -4.40. The summed E-state index contributed by atoms with van der Waals surface area (Å²) in [6, 6.07) is -0.973. The number of aliphatic hydroxyl groups excluding tert-OH is 4. The Morgan fingerprint density at radius 3 is 2.17 bits per heavy atom. The van der Waals surface area contributed by atoms with Gasteiger partial charge in [-0.3, -0.25) is 9.59 Å². The van der Waals surface area contributed by atoms with Gasteiger partial charge in [-0.05, 0) is 43.9 Å². The van der Waals surface area contributed by atoms with Gasteiger partial charge in [0.25, 0.3) is 0 Å². The second-order valence-corrected chi connectivity index (χ2v) is 13.0. The molecule has 0 radical (unpaired) electrons. The molecule has 0 spiro atoms. The normalized spacial score (nSPS) is 39.3. The molecule has 3 unspecified atom stereocenters. The number of aliphatic hydroxyl groups is 4. The van der Waals surface area contributed by atoms with Crippen LogP contribution in [0.5, 0.6) is 0 Å². The first-order chi connectivity index (χ1) is 16.2. The van der Waals surface area contributed by atoms with Crippen molar-refractivity contribution in [3.8, 4) is 0 Å². The summed E-state index contributed by atoms with van der Waals surface area (Å²) in [4.78, 5) is 24.7. The lowest BCUT2D eigenvalue weighted by Gasteiger charge is -2.59. The molecule has 202 valence electrons. The van der Waals surface area contributed by atoms with Crippen molar-refractivity contribution in [2.75, 3.05) is 6.61 Å². The van der Waals surface area contributed by atoms with Gasteiger partial charge >= 0.3 is 11.9 Å². The number of carbonyl (C=O) groups is 2. The maximum atomic E-state index is 12.9. The Morgan fingerprint density at radius 1 is 1.06 bits per heavy atom. The van der Waals surface area contributed by atoms with E-state index in [0.29, 0.717) is 25.7 Å². The fourth-order valence-corrected chi connectivity index (χ4v) is 8.34. The van der Waals surface area contributed by atoms with E-state index in [1.165, 1.54) is 11.8 Å². The minimum absolute atomic E-state index is 0.0217. The number of fused-ring (bicyclic) bond motifs is 1. The molecular formula is C23H40N2O9S. The van der Waals surface area contributed by atoms with Crippen LogP contribution in [-0.4, -0.2) is 101 Å². The van der Waals surface area contributed by atoms with Crippen LogP contribution in [0.15, 0.2) is 0 Å². The Balaban J connectivity index is 1.88. The number of nitrogens with one attached hydrogen (secondary N) is 2. The fraction of sp³-hybridized carbons (Fsp3) is 0.913. The zero-order chi connectivity index (χ0) is 26.3. The van der Waals surface area contributed by atoms with Crippen LogP contribution in [0.1, 0.15) is 59.8 Å². The van der Waals surface area contributed by atoms with E-state index < -0.39 is 70.1 Å². The number of rotatable bonds is 12. The highest BCUT2D eigenvalue weighted by Gasteiger charge is 2.76. The molecule has 3 heterocycles.